The molecule has 0 unspecified atom stereocenters. The highest BCUT2D eigenvalue weighted by molar-refractivity contribution is 5.94. The van der Waals surface area contributed by atoms with Gasteiger partial charge in [0, 0.05) is 36.4 Å². The van der Waals surface area contributed by atoms with Crippen molar-refractivity contribution in [3.8, 4) is 0 Å². The van der Waals surface area contributed by atoms with Gasteiger partial charge in [-0.1, -0.05) is 32.0 Å². The van der Waals surface area contributed by atoms with Crippen molar-refractivity contribution in [2.75, 3.05) is 31.1 Å². The molecule has 4 heteroatoms. The van der Waals surface area contributed by atoms with Crippen LogP contribution in [0.15, 0.2) is 30.3 Å². The highest BCUT2D eigenvalue weighted by atomic mass is 16.2. The van der Waals surface area contributed by atoms with Gasteiger partial charge in [0.15, 0.2) is 0 Å². The fourth-order valence-corrected chi connectivity index (χ4v) is 3.10. The molecule has 1 aromatic heterocycles. The predicted octanol–water partition coefficient (Wildman–Crippen LogP) is 2.85. The van der Waals surface area contributed by atoms with Crippen molar-refractivity contribution in [1.29, 1.82) is 0 Å². The summed E-state index contributed by atoms with van der Waals surface area (Å²) in [5.74, 6) is 0.734. The Morgan fingerprint density at radius 1 is 1.23 bits per heavy atom. The Morgan fingerprint density at radius 3 is 2.73 bits per heavy atom. The van der Waals surface area contributed by atoms with Crippen molar-refractivity contribution < 1.29 is 4.79 Å². The first kappa shape index (κ1) is 14.8. The number of piperazine rings is 1. The van der Waals surface area contributed by atoms with E-state index in [1.165, 1.54) is 0 Å². The SMILES string of the molecule is Cc1cc(N2CCN(CC(C)C)C(=O)C2)c2ccccc2n1. The van der Waals surface area contributed by atoms with E-state index < -0.39 is 0 Å². The number of benzene rings is 1. The zero-order valence-electron chi connectivity index (χ0n) is 13.5. The van der Waals surface area contributed by atoms with Crippen LogP contribution in [0.3, 0.4) is 0 Å². The first-order valence-electron chi connectivity index (χ1n) is 7.93. The molecule has 1 aliphatic heterocycles. The Labute approximate surface area is 131 Å². The third kappa shape index (κ3) is 2.91. The molecule has 0 N–H and O–H groups in total. The fraction of sp³-hybridized carbons (Fsp3) is 0.444. The molecule has 3 rings (SSSR count). The molecule has 116 valence electrons. The largest absolute Gasteiger partial charge is 0.360 e. The lowest BCUT2D eigenvalue weighted by Crippen LogP contribution is -2.51. The van der Waals surface area contributed by atoms with E-state index in [0.29, 0.717) is 12.5 Å². The van der Waals surface area contributed by atoms with Crippen molar-refractivity contribution in [1.82, 2.24) is 9.88 Å². The number of rotatable bonds is 3. The van der Waals surface area contributed by atoms with Gasteiger partial charge in [0.05, 0.1) is 12.1 Å². The Hall–Kier alpha value is -2.10. The minimum absolute atomic E-state index is 0.221. The Kier molecular flexibility index (Phi) is 4.01. The van der Waals surface area contributed by atoms with Gasteiger partial charge in [0.1, 0.15) is 0 Å². The fourth-order valence-electron chi connectivity index (χ4n) is 3.10. The van der Waals surface area contributed by atoms with Crippen LogP contribution in [-0.2, 0) is 4.79 Å². The quantitative estimate of drug-likeness (QED) is 0.874. The second-order valence-electron chi connectivity index (χ2n) is 6.46. The molecule has 1 saturated heterocycles. The lowest BCUT2D eigenvalue weighted by atomic mass is 10.1. The molecule has 1 aromatic carbocycles. The van der Waals surface area contributed by atoms with Crippen LogP contribution in [0, 0.1) is 12.8 Å². The van der Waals surface area contributed by atoms with E-state index in [1.54, 1.807) is 0 Å². The van der Waals surface area contributed by atoms with Crippen LogP contribution in [0.25, 0.3) is 10.9 Å². The summed E-state index contributed by atoms with van der Waals surface area (Å²) in [7, 11) is 0. The van der Waals surface area contributed by atoms with Crippen molar-refractivity contribution in [2.45, 2.75) is 20.8 Å². The van der Waals surface area contributed by atoms with Crippen LogP contribution in [0.5, 0.6) is 0 Å². The topological polar surface area (TPSA) is 36.4 Å². The van der Waals surface area contributed by atoms with E-state index in [1.807, 2.05) is 30.0 Å². The standard InChI is InChI=1S/C18H23N3O/c1-13(2)11-21-9-8-20(12-18(21)22)17-10-14(3)19-16-7-5-4-6-15(16)17/h4-7,10,13H,8-9,11-12H2,1-3H3. The van der Waals surface area contributed by atoms with Gasteiger partial charge in [-0.05, 0) is 25.0 Å². The molecular formula is C18H23N3O. The molecule has 4 nitrogen and oxygen atoms in total. The number of fused-ring (bicyclic) bond motifs is 1. The van der Waals surface area contributed by atoms with Crippen LogP contribution in [0.2, 0.25) is 0 Å². The summed E-state index contributed by atoms with van der Waals surface area (Å²) in [6.45, 7) is 9.30. The van der Waals surface area contributed by atoms with Crippen LogP contribution >= 0.6 is 0 Å². The smallest absolute Gasteiger partial charge is 0.242 e. The van der Waals surface area contributed by atoms with E-state index in [0.717, 1.165) is 41.9 Å². The summed E-state index contributed by atoms with van der Waals surface area (Å²) in [5.41, 5.74) is 3.11. The number of aryl methyl sites for hydroxylation is 1. The minimum atomic E-state index is 0.221. The molecular weight excluding hydrogens is 274 g/mol. The maximum absolute atomic E-state index is 12.4. The minimum Gasteiger partial charge on any atom is -0.360 e. The highest BCUT2D eigenvalue weighted by Crippen LogP contribution is 2.27. The van der Waals surface area contributed by atoms with Gasteiger partial charge in [-0.15, -0.1) is 0 Å². The van der Waals surface area contributed by atoms with Crippen molar-refractivity contribution in [2.24, 2.45) is 5.92 Å². The Bertz CT molecular complexity index is 696. The van der Waals surface area contributed by atoms with Crippen molar-refractivity contribution in [3.05, 3.63) is 36.0 Å². The summed E-state index contributed by atoms with van der Waals surface area (Å²) in [4.78, 5) is 21.2. The number of nitrogens with zero attached hydrogens (tertiary/aromatic N) is 3. The highest BCUT2D eigenvalue weighted by Gasteiger charge is 2.25. The van der Waals surface area contributed by atoms with E-state index in [9.17, 15) is 4.79 Å². The lowest BCUT2D eigenvalue weighted by Gasteiger charge is -2.37. The number of hydrogen-bond donors (Lipinski definition) is 0. The first-order chi connectivity index (χ1) is 10.5. The average Bonchev–Trinajstić information content (AvgIpc) is 2.48. The van der Waals surface area contributed by atoms with Crippen molar-refractivity contribution >= 4 is 22.5 Å². The molecule has 1 aliphatic rings. The lowest BCUT2D eigenvalue weighted by molar-refractivity contribution is -0.131. The molecule has 1 fully saturated rings. The number of pyridine rings is 1. The third-order valence-electron chi connectivity index (χ3n) is 4.07. The monoisotopic (exact) mass is 297 g/mol. The Balaban J connectivity index is 1.88. The number of carbonyl (C=O) groups excluding carboxylic acids is 1. The molecule has 0 atom stereocenters. The number of aromatic nitrogens is 1. The summed E-state index contributed by atoms with van der Waals surface area (Å²) in [6, 6.07) is 10.2. The molecule has 0 radical (unpaired) electrons. The summed E-state index contributed by atoms with van der Waals surface area (Å²) in [6.07, 6.45) is 0. The molecule has 2 heterocycles. The van der Waals surface area contributed by atoms with E-state index >= 15 is 0 Å². The van der Waals surface area contributed by atoms with Gasteiger partial charge in [-0.2, -0.15) is 0 Å². The van der Waals surface area contributed by atoms with Gasteiger partial charge >= 0.3 is 0 Å². The Morgan fingerprint density at radius 2 is 2.00 bits per heavy atom. The van der Waals surface area contributed by atoms with Crippen molar-refractivity contribution in [3.63, 3.8) is 0 Å². The number of carbonyl (C=O) groups is 1. The maximum Gasteiger partial charge on any atom is 0.242 e. The normalized spacial score (nSPS) is 15.9. The third-order valence-corrected chi connectivity index (χ3v) is 4.07. The molecule has 22 heavy (non-hydrogen) atoms. The van der Waals surface area contributed by atoms with Gasteiger partial charge < -0.3 is 9.80 Å². The zero-order valence-corrected chi connectivity index (χ0v) is 13.5. The van der Waals surface area contributed by atoms with Crippen LogP contribution < -0.4 is 4.90 Å². The number of anilines is 1. The number of hydrogen-bond acceptors (Lipinski definition) is 3. The molecule has 2 aromatic rings. The number of para-hydroxylation sites is 1. The van der Waals surface area contributed by atoms with Crippen LogP contribution in [0.1, 0.15) is 19.5 Å². The number of amides is 1. The second-order valence-corrected chi connectivity index (χ2v) is 6.46. The van der Waals surface area contributed by atoms with Crippen LogP contribution in [0.4, 0.5) is 5.69 Å². The molecule has 0 bridgehead atoms. The van der Waals surface area contributed by atoms with E-state index in [-0.39, 0.29) is 5.91 Å². The molecule has 0 saturated carbocycles. The molecule has 0 aliphatic carbocycles. The molecule has 0 spiro atoms. The predicted molar refractivity (Wildman–Crippen MR) is 90.1 cm³/mol. The van der Waals surface area contributed by atoms with E-state index in [2.05, 4.69) is 35.9 Å². The summed E-state index contributed by atoms with van der Waals surface area (Å²) < 4.78 is 0. The second kappa shape index (κ2) is 5.95. The van der Waals surface area contributed by atoms with Crippen LogP contribution in [-0.4, -0.2) is 42.0 Å². The van der Waals surface area contributed by atoms with Gasteiger partial charge in [0.25, 0.3) is 0 Å². The van der Waals surface area contributed by atoms with E-state index in [4.69, 9.17) is 0 Å². The maximum atomic E-state index is 12.4. The summed E-state index contributed by atoms with van der Waals surface area (Å²) >= 11 is 0. The zero-order chi connectivity index (χ0) is 15.7. The van der Waals surface area contributed by atoms with Gasteiger partial charge in [0.2, 0.25) is 5.91 Å². The molecule has 1 amide bonds. The average molecular weight is 297 g/mol. The summed E-state index contributed by atoms with van der Waals surface area (Å²) in [5, 5.41) is 1.12. The first-order valence-corrected chi connectivity index (χ1v) is 7.93. The van der Waals surface area contributed by atoms with Gasteiger partial charge in [-0.3, -0.25) is 9.78 Å². The van der Waals surface area contributed by atoms with Gasteiger partial charge in [-0.25, -0.2) is 0 Å².